The summed E-state index contributed by atoms with van der Waals surface area (Å²) >= 11 is 0. The maximum atomic E-state index is 12.6. The molecule has 7 heteroatoms. The first-order valence-electron chi connectivity index (χ1n) is 8.15. The average Bonchev–Trinajstić information content (AvgIpc) is 3.20. The second kappa shape index (κ2) is 7.21. The molecule has 0 fully saturated rings. The minimum atomic E-state index is -0.705. The first-order chi connectivity index (χ1) is 12.1. The number of hydrogen-bond acceptors (Lipinski definition) is 4. The number of anilines is 1. The molecular weight excluding hydrogens is 320 g/mol. The smallest absolute Gasteiger partial charge is 0.248 e. The van der Waals surface area contributed by atoms with Crippen LogP contribution < -0.4 is 10.6 Å². The second-order valence-corrected chi connectivity index (χ2v) is 5.85. The van der Waals surface area contributed by atoms with E-state index in [1.807, 2.05) is 30.5 Å². The highest BCUT2D eigenvalue weighted by Crippen LogP contribution is 2.19. The molecule has 2 aromatic heterocycles. The van der Waals surface area contributed by atoms with E-state index in [0.29, 0.717) is 24.4 Å². The number of aromatic amines is 1. The van der Waals surface area contributed by atoms with E-state index < -0.39 is 6.04 Å². The Balaban J connectivity index is 1.81. The van der Waals surface area contributed by atoms with Gasteiger partial charge in [0.25, 0.3) is 0 Å². The maximum absolute atomic E-state index is 12.6. The van der Waals surface area contributed by atoms with E-state index >= 15 is 0 Å². The zero-order valence-electron chi connectivity index (χ0n) is 14.1. The zero-order valence-corrected chi connectivity index (χ0v) is 14.1. The van der Waals surface area contributed by atoms with E-state index in [1.165, 1.54) is 0 Å². The molecule has 0 radical (unpaired) electrons. The number of hydrogen-bond donors (Lipinski definition) is 3. The number of aryl methyl sites for hydroxylation is 1. The molecule has 7 nitrogen and oxygen atoms in total. The number of fused-ring (bicyclic) bond motifs is 1. The van der Waals surface area contributed by atoms with Gasteiger partial charge in [0.2, 0.25) is 11.8 Å². The topological polar surface area (TPSA) is 100 Å². The number of para-hydroxylation sites is 1. The van der Waals surface area contributed by atoms with Crippen molar-refractivity contribution < 1.29 is 14.1 Å². The van der Waals surface area contributed by atoms with Crippen molar-refractivity contribution in [3.05, 3.63) is 47.9 Å². The molecule has 0 saturated carbocycles. The maximum Gasteiger partial charge on any atom is 0.248 e. The molecule has 0 aliphatic heterocycles. The van der Waals surface area contributed by atoms with Gasteiger partial charge >= 0.3 is 0 Å². The van der Waals surface area contributed by atoms with Crippen molar-refractivity contribution in [2.24, 2.45) is 0 Å². The molecule has 25 heavy (non-hydrogen) atoms. The van der Waals surface area contributed by atoms with E-state index in [9.17, 15) is 9.59 Å². The molecule has 1 atom stereocenters. The van der Waals surface area contributed by atoms with Crippen molar-refractivity contribution in [1.29, 1.82) is 0 Å². The lowest BCUT2D eigenvalue weighted by molar-refractivity contribution is -0.126. The molecule has 0 bridgehead atoms. The van der Waals surface area contributed by atoms with Crippen molar-refractivity contribution in [3.8, 4) is 0 Å². The third kappa shape index (κ3) is 3.88. The number of aromatic nitrogens is 2. The molecular formula is C18H20N4O3. The van der Waals surface area contributed by atoms with Gasteiger partial charge in [-0.15, -0.1) is 0 Å². The van der Waals surface area contributed by atoms with Gasteiger partial charge in [-0.2, -0.15) is 0 Å². The van der Waals surface area contributed by atoms with Crippen molar-refractivity contribution in [2.75, 3.05) is 5.32 Å². The highest BCUT2D eigenvalue weighted by atomic mass is 16.5. The van der Waals surface area contributed by atoms with Crippen molar-refractivity contribution in [3.63, 3.8) is 0 Å². The summed E-state index contributed by atoms with van der Waals surface area (Å²) in [7, 11) is 0. The first kappa shape index (κ1) is 16.8. The predicted octanol–water partition coefficient (Wildman–Crippen LogP) is 2.54. The summed E-state index contributed by atoms with van der Waals surface area (Å²) in [5.41, 5.74) is 1.95. The molecule has 3 N–H and O–H groups in total. The van der Waals surface area contributed by atoms with Gasteiger partial charge in [-0.1, -0.05) is 30.3 Å². The standard InChI is InChI=1S/C18H20N4O3/c1-3-17(23)20-15(18(24)21-16-8-11(2)25-22-16)9-12-10-19-14-7-5-4-6-13(12)14/h4-8,10,15,19H,3,9H2,1-2H3,(H,20,23)(H,21,22,24)/t15-/m1/s1. The van der Waals surface area contributed by atoms with Gasteiger partial charge in [-0.25, -0.2) is 0 Å². The van der Waals surface area contributed by atoms with Crippen LogP contribution in [0.5, 0.6) is 0 Å². The summed E-state index contributed by atoms with van der Waals surface area (Å²) in [4.78, 5) is 27.6. The number of nitrogens with zero attached hydrogens (tertiary/aromatic N) is 1. The van der Waals surface area contributed by atoms with Gasteiger partial charge in [0.15, 0.2) is 5.82 Å². The Kier molecular flexibility index (Phi) is 4.83. The quantitative estimate of drug-likeness (QED) is 0.642. The Labute approximate surface area is 144 Å². The van der Waals surface area contributed by atoms with Crippen molar-refractivity contribution >= 4 is 28.5 Å². The first-order valence-corrected chi connectivity index (χ1v) is 8.15. The Morgan fingerprint density at radius 2 is 2.12 bits per heavy atom. The predicted molar refractivity (Wildman–Crippen MR) is 94.1 cm³/mol. The number of carbonyl (C=O) groups excluding carboxylic acids is 2. The normalized spacial score (nSPS) is 12.1. The van der Waals surface area contributed by atoms with Crippen LogP contribution in [0.15, 0.2) is 41.1 Å². The third-order valence-corrected chi connectivity index (χ3v) is 3.95. The fraction of sp³-hybridized carbons (Fsp3) is 0.278. The lowest BCUT2D eigenvalue weighted by Crippen LogP contribution is -2.45. The van der Waals surface area contributed by atoms with Gasteiger partial charge in [0.1, 0.15) is 11.8 Å². The van der Waals surface area contributed by atoms with Crippen LogP contribution in [-0.4, -0.2) is 28.0 Å². The largest absolute Gasteiger partial charge is 0.361 e. The Morgan fingerprint density at radius 1 is 1.32 bits per heavy atom. The molecule has 0 spiro atoms. The zero-order chi connectivity index (χ0) is 17.8. The van der Waals surface area contributed by atoms with Crippen LogP contribution in [0, 0.1) is 6.92 Å². The molecule has 130 valence electrons. The van der Waals surface area contributed by atoms with E-state index in [0.717, 1.165) is 16.5 Å². The fourth-order valence-corrected chi connectivity index (χ4v) is 2.66. The van der Waals surface area contributed by atoms with Crippen molar-refractivity contribution in [1.82, 2.24) is 15.5 Å². The minimum Gasteiger partial charge on any atom is -0.361 e. The Morgan fingerprint density at radius 3 is 2.84 bits per heavy atom. The van der Waals surface area contributed by atoms with Crippen LogP contribution in [0.3, 0.4) is 0 Å². The number of rotatable bonds is 6. The molecule has 3 rings (SSSR count). The Bertz CT molecular complexity index is 897. The van der Waals surface area contributed by atoms with Crippen molar-refractivity contribution in [2.45, 2.75) is 32.7 Å². The number of nitrogens with one attached hydrogen (secondary N) is 3. The van der Waals surface area contributed by atoms with E-state index in [2.05, 4.69) is 20.8 Å². The highest BCUT2D eigenvalue weighted by Gasteiger charge is 2.23. The highest BCUT2D eigenvalue weighted by molar-refractivity contribution is 5.97. The van der Waals surface area contributed by atoms with Crippen LogP contribution in [0.1, 0.15) is 24.7 Å². The van der Waals surface area contributed by atoms with Crippen LogP contribution >= 0.6 is 0 Å². The summed E-state index contributed by atoms with van der Waals surface area (Å²) in [6.07, 6.45) is 2.54. The molecule has 2 heterocycles. The molecule has 0 unspecified atom stereocenters. The van der Waals surface area contributed by atoms with Gasteiger partial charge in [-0.3, -0.25) is 9.59 Å². The number of H-pyrrole nitrogens is 1. The molecule has 3 aromatic rings. The molecule has 1 aromatic carbocycles. The number of benzene rings is 1. The summed E-state index contributed by atoms with van der Waals surface area (Å²) in [6.45, 7) is 3.49. The average molecular weight is 340 g/mol. The third-order valence-electron chi connectivity index (χ3n) is 3.95. The molecule has 0 aliphatic carbocycles. The number of amides is 2. The summed E-state index contributed by atoms with van der Waals surface area (Å²) in [5.74, 6) is 0.412. The van der Waals surface area contributed by atoms with E-state index in [4.69, 9.17) is 4.52 Å². The number of carbonyl (C=O) groups is 2. The molecule has 2 amide bonds. The van der Waals surface area contributed by atoms with Gasteiger partial charge in [0.05, 0.1) is 0 Å². The van der Waals surface area contributed by atoms with E-state index in [1.54, 1.807) is 19.9 Å². The van der Waals surface area contributed by atoms with Gasteiger partial charge in [-0.05, 0) is 18.6 Å². The van der Waals surface area contributed by atoms with Crippen LogP contribution in [0.25, 0.3) is 10.9 Å². The molecule has 0 aliphatic rings. The van der Waals surface area contributed by atoms with Crippen LogP contribution in [0.2, 0.25) is 0 Å². The SMILES string of the molecule is CCC(=O)N[C@H](Cc1c[nH]c2ccccc12)C(=O)Nc1cc(C)on1. The lowest BCUT2D eigenvalue weighted by Gasteiger charge is -2.17. The molecule has 0 saturated heterocycles. The van der Waals surface area contributed by atoms with Gasteiger partial charge in [0, 0.05) is 36.0 Å². The minimum absolute atomic E-state index is 0.184. The lowest BCUT2D eigenvalue weighted by atomic mass is 10.0. The summed E-state index contributed by atoms with van der Waals surface area (Å²) in [6, 6.07) is 8.76. The summed E-state index contributed by atoms with van der Waals surface area (Å²) < 4.78 is 4.95. The summed E-state index contributed by atoms with van der Waals surface area (Å²) in [5, 5.41) is 10.2. The van der Waals surface area contributed by atoms with Gasteiger partial charge < -0.3 is 20.1 Å². The van der Waals surface area contributed by atoms with Crippen LogP contribution in [-0.2, 0) is 16.0 Å². The van der Waals surface area contributed by atoms with Crippen LogP contribution in [0.4, 0.5) is 5.82 Å². The second-order valence-electron chi connectivity index (χ2n) is 5.85. The Hall–Kier alpha value is -3.09. The monoisotopic (exact) mass is 340 g/mol. The fourth-order valence-electron chi connectivity index (χ4n) is 2.66. The van der Waals surface area contributed by atoms with E-state index in [-0.39, 0.29) is 11.8 Å².